The summed E-state index contributed by atoms with van der Waals surface area (Å²) >= 11 is 0. The van der Waals surface area contributed by atoms with Crippen LogP contribution in [0.3, 0.4) is 0 Å². The molecule has 0 saturated heterocycles. The Balaban J connectivity index is 2.19. The molecule has 3 N–H and O–H groups in total. The summed E-state index contributed by atoms with van der Waals surface area (Å²) in [5, 5.41) is 11.4. The molecule has 0 aliphatic rings. The molecular formula is C22H23N5O6. The number of H-pyrrole nitrogens is 1. The number of aromatic amines is 1. The number of nitrogens with one attached hydrogen (secondary N) is 1. The monoisotopic (exact) mass is 453 g/mol. The third-order valence-corrected chi connectivity index (χ3v) is 5.08. The average Bonchev–Trinajstić information content (AvgIpc) is 2.78. The predicted octanol–water partition coefficient (Wildman–Crippen LogP) is 1.83. The molecule has 1 amide bonds. The number of rotatable bonds is 8. The van der Waals surface area contributed by atoms with E-state index in [9.17, 15) is 24.5 Å². The Bertz CT molecular complexity index is 1300. The van der Waals surface area contributed by atoms with Crippen molar-refractivity contribution >= 4 is 23.1 Å². The number of nitrogens with two attached hydrogens (primary N) is 1. The van der Waals surface area contributed by atoms with Gasteiger partial charge in [0, 0.05) is 24.3 Å². The first-order valence-corrected chi connectivity index (χ1v) is 9.97. The van der Waals surface area contributed by atoms with E-state index in [1.165, 1.54) is 19.2 Å². The first kappa shape index (κ1) is 23.4. The van der Waals surface area contributed by atoms with Crippen LogP contribution in [0, 0.1) is 17.0 Å². The van der Waals surface area contributed by atoms with Crippen LogP contribution in [0.5, 0.6) is 0 Å². The summed E-state index contributed by atoms with van der Waals surface area (Å²) in [5.41, 5.74) is 5.20. The van der Waals surface area contributed by atoms with Gasteiger partial charge in [0.2, 0.25) is 0 Å². The van der Waals surface area contributed by atoms with E-state index in [-0.39, 0.29) is 42.5 Å². The Hall–Kier alpha value is -4.25. The molecule has 1 heterocycles. The number of nitrogen functional groups attached to an aromatic ring is 1. The van der Waals surface area contributed by atoms with E-state index in [2.05, 4.69) is 4.98 Å². The third-order valence-electron chi connectivity index (χ3n) is 5.08. The van der Waals surface area contributed by atoms with Crippen LogP contribution in [0.15, 0.2) is 58.1 Å². The number of carbonyl (C=O) groups is 1. The first-order valence-electron chi connectivity index (χ1n) is 9.97. The van der Waals surface area contributed by atoms with Gasteiger partial charge in [0.25, 0.3) is 17.2 Å². The van der Waals surface area contributed by atoms with Gasteiger partial charge in [0.05, 0.1) is 24.6 Å². The molecule has 0 fully saturated rings. The number of benzene rings is 2. The van der Waals surface area contributed by atoms with E-state index in [1.54, 1.807) is 37.3 Å². The van der Waals surface area contributed by atoms with Crippen molar-refractivity contribution < 1.29 is 14.5 Å². The Morgan fingerprint density at radius 1 is 1.21 bits per heavy atom. The lowest BCUT2D eigenvalue weighted by atomic mass is 10.1. The lowest BCUT2D eigenvalue weighted by molar-refractivity contribution is -0.385. The third kappa shape index (κ3) is 4.99. The predicted molar refractivity (Wildman–Crippen MR) is 122 cm³/mol. The number of anilines is 2. The normalized spacial score (nSPS) is 10.7. The molecule has 172 valence electrons. The topological polar surface area (TPSA) is 154 Å². The highest BCUT2D eigenvalue weighted by Gasteiger charge is 2.27. The molecule has 33 heavy (non-hydrogen) atoms. The quantitative estimate of drug-likeness (QED) is 0.389. The van der Waals surface area contributed by atoms with Crippen LogP contribution >= 0.6 is 0 Å². The van der Waals surface area contributed by atoms with Crippen molar-refractivity contribution in [2.75, 3.05) is 24.4 Å². The maximum absolute atomic E-state index is 13.5. The molecule has 11 heteroatoms. The van der Waals surface area contributed by atoms with Gasteiger partial charge in [-0.25, -0.2) is 4.79 Å². The molecular weight excluding hydrogens is 430 g/mol. The van der Waals surface area contributed by atoms with Gasteiger partial charge < -0.3 is 10.5 Å². The molecule has 3 rings (SSSR count). The largest absolute Gasteiger partial charge is 0.383 e. The number of hydrogen-bond acceptors (Lipinski definition) is 7. The molecule has 1 aromatic heterocycles. The molecule has 2 aromatic carbocycles. The van der Waals surface area contributed by atoms with Gasteiger partial charge in [-0.1, -0.05) is 36.4 Å². The van der Waals surface area contributed by atoms with Gasteiger partial charge in [0.15, 0.2) is 5.69 Å². The van der Waals surface area contributed by atoms with Gasteiger partial charge in [-0.2, -0.15) is 0 Å². The highest BCUT2D eigenvalue weighted by molar-refractivity contribution is 6.07. The molecule has 0 aliphatic carbocycles. The lowest BCUT2D eigenvalue weighted by Crippen LogP contribution is -2.41. The minimum atomic E-state index is -0.850. The van der Waals surface area contributed by atoms with Crippen molar-refractivity contribution in [3.05, 3.63) is 96.2 Å². The van der Waals surface area contributed by atoms with E-state index in [1.807, 2.05) is 0 Å². The standard InChI is InChI=1S/C22H23N5O6/c1-14-8-9-16(12-17(14)27(31)32)21(29)26(13-15-6-4-3-5-7-15)18-19(23)25(10-11-33-2)22(30)24-20(18)28/h3-9,12H,10-11,13,23H2,1-2H3,(H,24,28,30). The fraction of sp³-hybridized carbons (Fsp3) is 0.227. The SMILES string of the molecule is COCCn1c(N)c(N(Cc2ccccc2)C(=O)c2ccc(C)c([N+](=O)[O-])c2)c(=O)[nH]c1=O. The molecule has 0 bridgehead atoms. The summed E-state index contributed by atoms with van der Waals surface area (Å²) in [5.74, 6) is -0.900. The van der Waals surface area contributed by atoms with Crippen molar-refractivity contribution in [3.63, 3.8) is 0 Å². The molecule has 11 nitrogen and oxygen atoms in total. The van der Waals surface area contributed by atoms with Crippen LogP contribution in [0.2, 0.25) is 0 Å². The Kier molecular flexibility index (Phi) is 7.04. The van der Waals surface area contributed by atoms with Crippen LogP contribution in [-0.2, 0) is 17.8 Å². The van der Waals surface area contributed by atoms with Gasteiger partial charge in [0.1, 0.15) is 5.82 Å². The highest BCUT2D eigenvalue weighted by atomic mass is 16.6. The maximum atomic E-state index is 13.5. The zero-order valence-corrected chi connectivity index (χ0v) is 18.1. The van der Waals surface area contributed by atoms with E-state index in [4.69, 9.17) is 10.5 Å². The molecule has 0 aliphatic heterocycles. The smallest absolute Gasteiger partial charge is 0.330 e. The second-order valence-electron chi connectivity index (χ2n) is 7.27. The summed E-state index contributed by atoms with van der Waals surface area (Å²) in [4.78, 5) is 52.7. The van der Waals surface area contributed by atoms with Crippen molar-refractivity contribution in [3.8, 4) is 0 Å². The summed E-state index contributed by atoms with van der Waals surface area (Å²) in [6.07, 6.45) is 0. The summed E-state index contributed by atoms with van der Waals surface area (Å²) in [7, 11) is 1.45. The van der Waals surface area contributed by atoms with E-state index < -0.39 is 22.1 Å². The van der Waals surface area contributed by atoms with Crippen LogP contribution in [-0.4, -0.2) is 34.1 Å². The Morgan fingerprint density at radius 3 is 2.55 bits per heavy atom. The minimum Gasteiger partial charge on any atom is -0.383 e. The molecule has 3 aromatic rings. The number of aromatic nitrogens is 2. The summed E-state index contributed by atoms with van der Waals surface area (Å²) in [6.45, 7) is 1.69. The molecule has 0 atom stereocenters. The number of nitrogens with zero attached hydrogens (tertiary/aromatic N) is 3. The average molecular weight is 453 g/mol. The van der Waals surface area contributed by atoms with Crippen molar-refractivity contribution in [2.45, 2.75) is 20.0 Å². The minimum absolute atomic E-state index is 0.00308. The number of hydrogen-bond donors (Lipinski definition) is 2. The zero-order valence-electron chi connectivity index (χ0n) is 18.1. The number of nitro benzene ring substituents is 1. The fourth-order valence-corrected chi connectivity index (χ4v) is 3.36. The number of carbonyl (C=O) groups excluding carboxylic acids is 1. The highest BCUT2D eigenvalue weighted by Crippen LogP contribution is 2.25. The first-order chi connectivity index (χ1) is 15.7. The van der Waals surface area contributed by atoms with Gasteiger partial charge in [-0.3, -0.25) is 34.2 Å². The number of aryl methyl sites for hydroxylation is 1. The van der Waals surface area contributed by atoms with Gasteiger partial charge in [-0.15, -0.1) is 0 Å². The second-order valence-corrected chi connectivity index (χ2v) is 7.27. The molecule has 0 spiro atoms. The van der Waals surface area contributed by atoms with Crippen LogP contribution in [0.1, 0.15) is 21.5 Å². The number of amides is 1. The van der Waals surface area contributed by atoms with Crippen molar-refractivity contribution in [1.82, 2.24) is 9.55 Å². The molecule has 0 unspecified atom stereocenters. The lowest BCUT2D eigenvalue weighted by Gasteiger charge is -2.25. The zero-order chi connectivity index (χ0) is 24.1. The van der Waals surface area contributed by atoms with E-state index in [0.29, 0.717) is 11.1 Å². The maximum Gasteiger partial charge on any atom is 0.330 e. The Labute approximate surface area is 188 Å². The van der Waals surface area contributed by atoms with Crippen molar-refractivity contribution in [1.29, 1.82) is 0 Å². The van der Waals surface area contributed by atoms with Crippen LogP contribution in [0.4, 0.5) is 17.2 Å². The number of ether oxygens (including phenoxy) is 1. The van der Waals surface area contributed by atoms with Gasteiger partial charge >= 0.3 is 5.69 Å². The van der Waals surface area contributed by atoms with Crippen molar-refractivity contribution in [2.24, 2.45) is 0 Å². The van der Waals surface area contributed by atoms with Crippen LogP contribution < -0.4 is 21.9 Å². The van der Waals surface area contributed by atoms with E-state index in [0.717, 1.165) is 15.5 Å². The fourth-order valence-electron chi connectivity index (χ4n) is 3.36. The van der Waals surface area contributed by atoms with Crippen LogP contribution in [0.25, 0.3) is 0 Å². The molecule has 0 radical (unpaired) electrons. The number of nitro groups is 1. The van der Waals surface area contributed by atoms with Gasteiger partial charge in [-0.05, 0) is 18.6 Å². The molecule has 0 saturated carbocycles. The second kappa shape index (κ2) is 9.92. The summed E-state index contributed by atoms with van der Waals surface area (Å²) in [6, 6.07) is 12.9. The summed E-state index contributed by atoms with van der Waals surface area (Å²) < 4.78 is 6.09. The number of methoxy groups -OCH3 is 1. The Morgan fingerprint density at radius 2 is 1.91 bits per heavy atom. The van der Waals surface area contributed by atoms with E-state index >= 15 is 0 Å².